The molecule has 1 amide bonds. The van der Waals surface area contributed by atoms with Gasteiger partial charge in [-0.1, -0.05) is 24.3 Å². The van der Waals surface area contributed by atoms with Crippen molar-refractivity contribution in [1.82, 2.24) is 10.3 Å². The van der Waals surface area contributed by atoms with Crippen LogP contribution in [0.2, 0.25) is 0 Å². The minimum absolute atomic E-state index is 0.0806. The second kappa shape index (κ2) is 12.0. The fraction of sp³-hybridized carbons (Fsp3) is 0.269. The van der Waals surface area contributed by atoms with Crippen LogP contribution in [-0.4, -0.2) is 34.7 Å². The van der Waals surface area contributed by atoms with Gasteiger partial charge in [-0.05, 0) is 48.4 Å². The molecule has 38 heavy (non-hydrogen) atoms. The number of rotatable bonds is 10. The second-order valence-corrected chi connectivity index (χ2v) is 8.24. The van der Waals surface area contributed by atoms with Gasteiger partial charge in [-0.15, -0.1) is 0 Å². The largest absolute Gasteiger partial charge is 0.484 e. The van der Waals surface area contributed by atoms with Crippen molar-refractivity contribution in [3.8, 4) is 17.0 Å². The lowest BCUT2D eigenvalue weighted by Crippen LogP contribution is -2.26. The number of ether oxygens (including phenoxy) is 1. The molecule has 3 rings (SSSR count). The first kappa shape index (κ1) is 28.5. The summed E-state index contributed by atoms with van der Waals surface area (Å²) in [5.74, 6) is -1.47. The predicted octanol–water partition coefficient (Wildman–Crippen LogP) is 6.43. The molecule has 1 aromatic heterocycles. The maximum Gasteiger partial charge on any atom is 0.416 e. The Morgan fingerprint density at radius 1 is 0.921 bits per heavy atom. The van der Waals surface area contributed by atoms with Crippen molar-refractivity contribution in [3.63, 3.8) is 0 Å². The molecule has 0 aliphatic heterocycles. The van der Waals surface area contributed by atoms with Crippen molar-refractivity contribution in [3.05, 3.63) is 83.6 Å². The number of alkyl halides is 6. The number of amides is 1. The van der Waals surface area contributed by atoms with Crippen molar-refractivity contribution in [2.24, 2.45) is 0 Å². The number of carboxylic acids is 1. The highest BCUT2D eigenvalue weighted by atomic mass is 19.4. The van der Waals surface area contributed by atoms with Gasteiger partial charge in [0.1, 0.15) is 11.9 Å². The van der Waals surface area contributed by atoms with E-state index in [1.165, 1.54) is 54.7 Å². The zero-order valence-corrected chi connectivity index (χ0v) is 19.6. The monoisotopic (exact) mass is 540 g/mol. The Morgan fingerprint density at radius 3 is 2.11 bits per heavy atom. The first-order valence-electron chi connectivity index (χ1n) is 11.3. The van der Waals surface area contributed by atoms with Gasteiger partial charge in [0.2, 0.25) is 0 Å². The topological polar surface area (TPSA) is 88.5 Å². The molecule has 3 aromatic rings. The predicted molar refractivity (Wildman–Crippen MR) is 124 cm³/mol. The lowest BCUT2D eigenvalue weighted by Gasteiger charge is -2.21. The Labute approximate surface area is 213 Å². The van der Waals surface area contributed by atoms with Crippen LogP contribution in [0.15, 0.2) is 66.9 Å². The number of aliphatic carboxylic acids is 1. The maximum absolute atomic E-state index is 12.9. The van der Waals surface area contributed by atoms with E-state index < -0.39 is 48.7 Å². The number of nitrogens with one attached hydrogen (secondary N) is 1. The van der Waals surface area contributed by atoms with Gasteiger partial charge in [-0.2, -0.15) is 26.3 Å². The van der Waals surface area contributed by atoms with Crippen LogP contribution in [0.5, 0.6) is 5.75 Å². The first-order valence-corrected chi connectivity index (χ1v) is 11.3. The lowest BCUT2D eigenvalue weighted by molar-refractivity contribution is -0.139. The van der Waals surface area contributed by atoms with Crippen LogP contribution in [0, 0.1) is 0 Å². The SMILES string of the molecule is O=C(O)CCNC(=O)c1ccc(C(CCC(F)(F)F)Oc2ccc(-c3ccc(C(F)(F)F)cc3)nc2)cc1. The van der Waals surface area contributed by atoms with Crippen LogP contribution in [0.1, 0.15) is 46.9 Å². The zero-order chi connectivity index (χ0) is 27.9. The Kier molecular flexibility index (Phi) is 8.97. The summed E-state index contributed by atoms with van der Waals surface area (Å²) in [5, 5.41) is 11.1. The average Bonchev–Trinajstić information content (AvgIpc) is 2.86. The van der Waals surface area contributed by atoms with E-state index in [0.717, 1.165) is 12.1 Å². The molecular weight excluding hydrogens is 518 g/mol. The number of hydrogen-bond acceptors (Lipinski definition) is 4. The third-order valence-electron chi connectivity index (χ3n) is 5.38. The molecule has 12 heteroatoms. The van der Waals surface area contributed by atoms with Gasteiger partial charge in [0.05, 0.1) is 23.9 Å². The van der Waals surface area contributed by atoms with Crippen LogP contribution in [0.4, 0.5) is 26.3 Å². The average molecular weight is 540 g/mol. The van der Waals surface area contributed by atoms with Gasteiger partial charge < -0.3 is 15.2 Å². The number of pyridine rings is 1. The molecule has 0 saturated heterocycles. The number of benzene rings is 2. The molecule has 2 N–H and O–H groups in total. The fourth-order valence-corrected chi connectivity index (χ4v) is 3.44. The van der Waals surface area contributed by atoms with Crippen molar-refractivity contribution < 1.29 is 45.8 Å². The minimum Gasteiger partial charge on any atom is -0.484 e. The molecule has 2 aromatic carbocycles. The van der Waals surface area contributed by atoms with Gasteiger partial charge in [0.15, 0.2) is 0 Å². The Balaban J connectivity index is 1.73. The van der Waals surface area contributed by atoms with Crippen LogP contribution >= 0.6 is 0 Å². The van der Waals surface area contributed by atoms with Crippen LogP contribution in [0.25, 0.3) is 11.3 Å². The van der Waals surface area contributed by atoms with E-state index in [1.807, 2.05) is 0 Å². The summed E-state index contributed by atoms with van der Waals surface area (Å²) in [7, 11) is 0. The van der Waals surface area contributed by atoms with Crippen molar-refractivity contribution in [2.75, 3.05) is 6.54 Å². The third-order valence-corrected chi connectivity index (χ3v) is 5.38. The molecule has 0 fully saturated rings. The van der Waals surface area contributed by atoms with Crippen LogP contribution in [-0.2, 0) is 11.0 Å². The third kappa shape index (κ3) is 8.49. The molecule has 0 aliphatic carbocycles. The van der Waals surface area contributed by atoms with Gasteiger partial charge >= 0.3 is 18.3 Å². The van der Waals surface area contributed by atoms with Crippen molar-refractivity contribution in [2.45, 2.75) is 37.7 Å². The van der Waals surface area contributed by atoms with E-state index in [9.17, 15) is 35.9 Å². The molecule has 0 aliphatic rings. The smallest absolute Gasteiger partial charge is 0.416 e. The van der Waals surface area contributed by atoms with Crippen LogP contribution in [0.3, 0.4) is 0 Å². The summed E-state index contributed by atoms with van der Waals surface area (Å²) in [6, 6.07) is 13.0. The lowest BCUT2D eigenvalue weighted by atomic mass is 10.0. The standard InChI is InChI=1S/C26H22F6N2O4/c27-25(28,29)13-11-22(17-1-3-18(4-2-17)24(37)33-14-12-23(35)36)38-20-9-10-21(34-15-20)16-5-7-19(8-6-16)26(30,31)32/h1-10,15,22H,11-14H2,(H,33,37)(H,35,36). The van der Waals surface area contributed by atoms with E-state index in [0.29, 0.717) is 16.8 Å². The highest BCUT2D eigenvalue weighted by Crippen LogP contribution is 2.33. The molecule has 1 unspecified atom stereocenters. The number of aromatic nitrogens is 1. The van der Waals surface area contributed by atoms with E-state index >= 15 is 0 Å². The Morgan fingerprint density at radius 2 is 1.58 bits per heavy atom. The second-order valence-electron chi connectivity index (χ2n) is 8.24. The van der Waals surface area contributed by atoms with Crippen LogP contribution < -0.4 is 10.1 Å². The summed E-state index contributed by atoms with van der Waals surface area (Å²) in [6.45, 7) is -0.0806. The maximum atomic E-state index is 12.9. The van der Waals surface area contributed by atoms with E-state index in [2.05, 4.69) is 10.3 Å². The first-order chi connectivity index (χ1) is 17.8. The summed E-state index contributed by atoms with van der Waals surface area (Å²) in [4.78, 5) is 26.8. The summed E-state index contributed by atoms with van der Waals surface area (Å²) in [6.07, 6.45) is -10.5. The Bertz CT molecular complexity index is 1230. The normalized spacial score (nSPS) is 12.6. The molecule has 0 bridgehead atoms. The van der Waals surface area contributed by atoms with Crippen molar-refractivity contribution in [1.29, 1.82) is 0 Å². The quantitative estimate of drug-likeness (QED) is 0.289. The fourth-order valence-electron chi connectivity index (χ4n) is 3.44. The number of carboxylic acid groups (broad SMARTS) is 1. The number of carbonyl (C=O) groups excluding carboxylic acids is 1. The molecule has 6 nitrogen and oxygen atoms in total. The zero-order valence-electron chi connectivity index (χ0n) is 19.6. The van der Waals surface area contributed by atoms with E-state index in [1.54, 1.807) is 0 Å². The molecule has 202 valence electrons. The summed E-state index contributed by atoms with van der Waals surface area (Å²) >= 11 is 0. The van der Waals surface area contributed by atoms with Gasteiger partial charge in [0, 0.05) is 24.1 Å². The molecule has 0 spiro atoms. The highest BCUT2D eigenvalue weighted by Gasteiger charge is 2.31. The molecule has 1 heterocycles. The van der Waals surface area contributed by atoms with E-state index in [4.69, 9.17) is 9.84 Å². The number of halogens is 6. The van der Waals surface area contributed by atoms with Gasteiger partial charge in [0.25, 0.3) is 5.91 Å². The molecule has 1 atom stereocenters. The number of hydrogen-bond donors (Lipinski definition) is 2. The minimum atomic E-state index is -4.47. The molecule has 0 radical (unpaired) electrons. The summed E-state index contributed by atoms with van der Waals surface area (Å²) < 4.78 is 82.8. The number of nitrogens with zero attached hydrogens (tertiary/aromatic N) is 1. The Hall–Kier alpha value is -4.09. The summed E-state index contributed by atoms with van der Waals surface area (Å²) in [5.41, 5.74) is 0.503. The highest BCUT2D eigenvalue weighted by molar-refractivity contribution is 5.94. The molecular formula is C26H22F6N2O4. The van der Waals surface area contributed by atoms with E-state index in [-0.39, 0.29) is 24.3 Å². The van der Waals surface area contributed by atoms with Gasteiger partial charge in [-0.25, -0.2) is 0 Å². The van der Waals surface area contributed by atoms with Gasteiger partial charge in [-0.3, -0.25) is 14.6 Å². The number of carbonyl (C=O) groups is 2. The molecule has 0 saturated carbocycles. The van der Waals surface area contributed by atoms with Crippen molar-refractivity contribution >= 4 is 11.9 Å².